The van der Waals surface area contributed by atoms with Crippen molar-refractivity contribution in [3.05, 3.63) is 24.3 Å². The van der Waals surface area contributed by atoms with E-state index in [9.17, 15) is 18.0 Å². The van der Waals surface area contributed by atoms with E-state index in [-0.39, 0.29) is 36.6 Å². The lowest BCUT2D eigenvalue weighted by Crippen LogP contribution is -2.44. The highest BCUT2D eigenvalue weighted by Gasteiger charge is 2.31. The summed E-state index contributed by atoms with van der Waals surface area (Å²) in [6.45, 7) is 2.48. The Kier molecular flexibility index (Phi) is 7.82. The fourth-order valence-corrected chi connectivity index (χ4v) is 4.54. The molecule has 1 aromatic rings. The lowest BCUT2D eigenvalue weighted by molar-refractivity contribution is -0.130. The number of rotatable bonds is 8. The van der Waals surface area contributed by atoms with E-state index in [4.69, 9.17) is 4.74 Å². The van der Waals surface area contributed by atoms with Crippen LogP contribution >= 0.6 is 0 Å². The maximum Gasteiger partial charge on any atom is 0.259 e. The molecule has 0 radical (unpaired) electrons. The molecule has 1 heterocycles. The van der Waals surface area contributed by atoms with Gasteiger partial charge in [0.05, 0.1) is 11.7 Å². The molecule has 1 aliphatic heterocycles. The number of carbonyl (C=O) groups excluding carboxylic acids is 2. The first-order valence-corrected chi connectivity index (χ1v) is 11.1. The third-order valence-electron chi connectivity index (χ3n) is 4.59. The van der Waals surface area contributed by atoms with Crippen LogP contribution in [0.2, 0.25) is 0 Å². The third-order valence-corrected chi connectivity index (χ3v) is 6.64. The van der Waals surface area contributed by atoms with Crippen molar-refractivity contribution in [2.24, 2.45) is 5.92 Å². The molecular formula is C19H29N3O5S. The molecular weight excluding hydrogens is 382 g/mol. The number of nitrogens with one attached hydrogen (secondary N) is 1. The Bertz CT molecular complexity index is 777. The van der Waals surface area contributed by atoms with Gasteiger partial charge in [-0.1, -0.05) is 6.92 Å². The van der Waals surface area contributed by atoms with Gasteiger partial charge in [0.15, 0.2) is 6.61 Å². The lowest BCUT2D eigenvalue weighted by atomic mass is 9.99. The van der Waals surface area contributed by atoms with Gasteiger partial charge in [0.2, 0.25) is 15.9 Å². The van der Waals surface area contributed by atoms with Crippen LogP contribution in [0.1, 0.15) is 26.2 Å². The van der Waals surface area contributed by atoms with Crippen LogP contribution in [0.4, 0.5) is 5.69 Å². The first kappa shape index (κ1) is 22.2. The highest BCUT2D eigenvalue weighted by atomic mass is 32.2. The Morgan fingerprint density at radius 3 is 2.54 bits per heavy atom. The molecule has 1 aliphatic rings. The van der Waals surface area contributed by atoms with Gasteiger partial charge < -0.3 is 15.0 Å². The average molecular weight is 412 g/mol. The number of sulfonamides is 1. The van der Waals surface area contributed by atoms with Gasteiger partial charge in [-0.05, 0) is 43.5 Å². The normalized spacial score (nSPS) is 17.8. The summed E-state index contributed by atoms with van der Waals surface area (Å²) in [5, 5.41) is 2.83. The van der Waals surface area contributed by atoms with Gasteiger partial charge in [-0.2, -0.15) is 0 Å². The molecule has 0 unspecified atom stereocenters. The molecule has 8 nitrogen and oxygen atoms in total. The van der Waals surface area contributed by atoms with Crippen LogP contribution in [0.15, 0.2) is 24.3 Å². The summed E-state index contributed by atoms with van der Waals surface area (Å²) in [6, 6.07) is 6.75. The fourth-order valence-electron chi connectivity index (χ4n) is 2.95. The van der Waals surface area contributed by atoms with E-state index in [1.54, 1.807) is 38.4 Å². The molecule has 9 heteroatoms. The van der Waals surface area contributed by atoms with Crippen molar-refractivity contribution in [1.82, 2.24) is 9.21 Å². The first-order chi connectivity index (χ1) is 13.2. The van der Waals surface area contributed by atoms with Crippen LogP contribution in [0, 0.1) is 5.92 Å². The van der Waals surface area contributed by atoms with Crippen LogP contribution in [0.25, 0.3) is 0 Å². The van der Waals surface area contributed by atoms with Crippen molar-refractivity contribution in [1.29, 1.82) is 0 Å². The number of anilines is 1. The van der Waals surface area contributed by atoms with E-state index >= 15 is 0 Å². The maximum absolute atomic E-state index is 12.6. The van der Waals surface area contributed by atoms with Crippen LogP contribution in [-0.4, -0.2) is 69.0 Å². The molecule has 156 valence electrons. The van der Waals surface area contributed by atoms with Gasteiger partial charge in [0, 0.05) is 32.9 Å². The number of benzene rings is 1. The standard InChI is InChI=1S/C19H29N3O5S/c1-4-12-28(25,26)22-11-5-6-15(13-22)19(24)20-16-7-9-17(10-8-16)27-14-18(23)21(2)3/h7-10,15H,4-6,11-14H2,1-3H3,(H,20,24)/t15-/m0/s1. The molecule has 1 N–H and O–H groups in total. The predicted molar refractivity (Wildman–Crippen MR) is 108 cm³/mol. The Morgan fingerprint density at radius 2 is 1.93 bits per heavy atom. The lowest BCUT2D eigenvalue weighted by Gasteiger charge is -2.31. The molecule has 1 atom stereocenters. The quantitative estimate of drug-likeness (QED) is 0.700. The maximum atomic E-state index is 12.6. The summed E-state index contributed by atoms with van der Waals surface area (Å²) in [4.78, 5) is 25.5. The van der Waals surface area contributed by atoms with Gasteiger partial charge >= 0.3 is 0 Å². The number of ether oxygens (including phenoxy) is 1. The highest BCUT2D eigenvalue weighted by Crippen LogP contribution is 2.22. The van der Waals surface area contributed by atoms with Crippen molar-refractivity contribution in [2.45, 2.75) is 26.2 Å². The monoisotopic (exact) mass is 411 g/mol. The fraction of sp³-hybridized carbons (Fsp3) is 0.579. The minimum Gasteiger partial charge on any atom is -0.484 e. The molecule has 0 spiro atoms. The number of carbonyl (C=O) groups is 2. The van der Waals surface area contributed by atoms with E-state index in [0.717, 1.165) is 0 Å². The number of piperidine rings is 1. The summed E-state index contributed by atoms with van der Waals surface area (Å²) in [5.74, 6) is -0.0547. The van der Waals surface area contributed by atoms with Crippen molar-refractivity contribution in [3.63, 3.8) is 0 Å². The second-order valence-electron chi connectivity index (χ2n) is 7.10. The molecule has 0 bridgehead atoms. The number of amides is 2. The van der Waals surface area contributed by atoms with Crippen molar-refractivity contribution < 1.29 is 22.7 Å². The van der Waals surface area contributed by atoms with Gasteiger partial charge in [0.1, 0.15) is 5.75 Å². The second kappa shape index (κ2) is 9.88. The van der Waals surface area contributed by atoms with E-state index in [0.29, 0.717) is 37.2 Å². The molecule has 2 rings (SSSR count). The van der Waals surface area contributed by atoms with Crippen LogP contribution < -0.4 is 10.1 Å². The zero-order valence-corrected chi connectivity index (χ0v) is 17.5. The highest BCUT2D eigenvalue weighted by molar-refractivity contribution is 7.89. The van der Waals surface area contributed by atoms with Gasteiger partial charge in [-0.25, -0.2) is 12.7 Å². The number of hydrogen-bond acceptors (Lipinski definition) is 5. The van der Waals surface area contributed by atoms with E-state index in [1.807, 2.05) is 6.92 Å². The molecule has 0 aromatic heterocycles. The summed E-state index contributed by atoms with van der Waals surface area (Å²) in [6.07, 6.45) is 1.90. The summed E-state index contributed by atoms with van der Waals surface area (Å²) in [7, 11) is 0.0218. The molecule has 2 amide bonds. The SMILES string of the molecule is CCCS(=O)(=O)N1CCC[C@H](C(=O)Nc2ccc(OCC(=O)N(C)C)cc2)C1. The molecule has 1 aromatic carbocycles. The molecule has 28 heavy (non-hydrogen) atoms. The smallest absolute Gasteiger partial charge is 0.259 e. The van der Waals surface area contributed by atoms with Crippen LogP contribution in [-0.2, 0) is 19.6 Å². The Balaban J connectivity index is 1.90. The van der Waals surface area contributed by atoms with Gasteiger partial charge in [-0.3, -0.25) is 9.59 Å². The van der Waals surface area contributed by atoms with Crippen LogP contribution in [0.3, 0.4) is 0 Å². The van der Waals surface area contributed by atoms with E-state index < -0.39 is 10.0 Å². The molecule has 0 aliphatic carbocycles. The largest absolute Gasteiger partial charge is 0.484 e. The van der Waals surface area contributed by atoms with Crippen molar-refractivity contribution in [3.8, 4) is 5.75 Å². The Morgan fingerprint density at radius 1 is 1.25 bits per heavy atom. The Labute approximate surface area is 166 Å². The minimum atomic E-state index is -3.29. The number of nitrogens with zero attached hydrogens (tertiary/aromatic N) is 2. The van der Waals surface area contributed by atoms with Crippen molar-refractivity contribution in [2.75, 3.05) is 44.9 Å². The molecule has 1 fully saturated rings. The third kappa shape index (κ3) is 6.20. The average Bonchev–Trinajstić information content (AvgIpc) is 2.67. The van der Waals surface area contributed by atoms with Crippen LogP contribution in [0.5, 0.6) is 5.75 Å². The van der Waals surface area contributed by atoms with E-state index in [2.05, 4.69) is 5.32 Å². The zero-order valence-electron chi connectivity index (χ0n) is 16.7. The number of likely N-dealkylation sites (N-methyl/N-ethyl adjacent to an activating group) is 1. The topological polar surface area (TPSA) is 96.0 Å². The van der Waals surface area contributed by atoms with Gasteiger partial charge in [0.25, 0.3) is 5.91 Å². The zero-order chi connectivity index (χ0) is 20.7. The molecule has 0 saturated carbocycles. The second-order valence-corrected chi connectivity index (χ2v) is 9.19. The number of hydrogen-bond donors (Lipinski definition) is 1. The van der Waals surface area contributed by atoms with Crippen molar-refractivity contribution >= 4 is 27.5 Å². The first-order valence-electron chi connectivity index (χ1n) is 9.44. The van der Waals surface area contributed by atoms with Gasteiger partial charge in [-0.15, -0.1) is 0 Å². The summed E-state index contributed by atoms with van der Waals surface area (Å²) in [5.41, 5.74) is 0.602. The molecule has 1 saturated heterocycles. The predicted octanol–water partition coefficient (Wildman–Crippen LogP) is 1.54. The summed E-state index contributed by atoms with van der Waals surface area (Å²) >= 11 is 0. The minimum absolute atomic E-state index is 0.0527. The van der Waals surface area contributed by atoms with E-state index in [1.165, 1.54) is 9.21 Å². The Hall–Kier alpha value is -2.13. The summed E-state index contributed by atoms with van der Waals surface area (Å²) < 4.78 is 31.3.